The van der Waals surface area contributed by atoms with Gasteiger partial charge in [-0.2, -0.15) is 0 Å². The Bertz CT molecular complexity index is 4010. The van der Waals surface area contributed by atoms with E-state index in [-0.39, 0.29) is 0 Å². The van der Waals surface area contributed by atoms with E-state index in [0.717, 1.165) is 34.1 Å². The number of benzene rings is 11. The number of para-hydroxylation sites is 6. The molecule has 0 aliphatic heterocycles. The highest BCUT2D eigenvalue weighted by Crippen LogP contribution is 2.66. The molecule has 15 rings (SSSR count). The van der Waals surface area contributed by atoms with E-state index >= 15 is 0 Å². The van der Waals surface area contributed by atoms with Crippen LogP contribution in [0.4, 0.5) is 34.1 Å². The number of thiophene rings is 1. The van der Waals surface area contributed by atoms with Crippen LogP contribution in [0.1, 0.15) is 22.3 Å². The predicted octanol–water partition coefficient (Wildman–Crippen LogP) is 18.4. The predicted molar refractivity (Wildman–Crippen MR) is 299 cm³/mol. The maximum atomic E-state index is 2.47. The third-order valence-corrected chi connectivity index (χ3v) is 16.4. The van der Waals surface area contributed by atoms with Crippen LogP contribution in [0, 0.1) is 0 Å². The highest BCUT2D eigenvalue weighted by atomic mass is 32.1. The molecule has 0 N–H and O–H groups in total. The first-order valence-electron chi connectivity index (χ1n) is 24.4. The van der Waals surface area contributed by atoms with Gasteiger partial charge in [0.25, 0.3) is 0 Å². The smallest absolute Gasteiger partial charge is 0.0726 e. The van der Waals surface area contributed by atoms with Crippen LogP contribution in [0.25, 0.3) is 69.9 Å². The number of hydrogen-bond donors (Lipinski definition) is 0. The molecule has 0 unspecified atom stereocenters. The second-order valence-corrected chi connectivity index (χ2v) is 19.8. The van der Waals surface area contributed by atoms with E-state index in [9.17, 15) is 0 Å². The van der Waals surface area contributed by atoms with Crippen LogP contribution in [0.2, 0.25) is 0 Å². The topological polar surface area (TPSA) is 11.4 Å². The average molecular weight is 922 g/mol. The van der Waals surface area contributed by atoms with Gasteiger partial charge < -0.3 is 14.4 Å². The zero-order valence-electron chi connectivity index (χ0n) is 38.6. The lowest BCUT2D eigenvalue weighted by atomic mass is 9.70. The van der Waals surface area contributed by atoms with Crippen molar-refractivity contribution in [2.24, 2.45) is 0 Å². The first kappa shape index (κ1) is 40.0. The molecule has 13 aromatic rings. The van der Waals surface area contributed by atoms with Gasteiger partial charge in [-0.15, -0.1) is 11.3 Å². The van der Waals surface area contributed by atoms with E-state index < -0.39 is 5.41 Å². The first-order chi connectivity index (χ1) is 35.3. The lowest BCUT2D eigenvalue weighted by Crippen LogP contribution is -2.26. The summed E-state index contributed by atoms with van der Waals surface area (Å²) in [5, 5.41) is 5.21. The summed E-state index contributed by atoms with van der Waals surface area (Å²) in [4.78, 5) is 4.78. The van der Waals surface area contributed by atoms with E-state index in [1.165, 1.54) is 92.2 Å². The van der Waals surface area contributed by atoms with Crippen molar-refractivity contribution in [3.8, 4) is 27.9 Å². The molecule has 2 aliphatic carbocycles. The SMILES string of the molecule is c1ccc(N(c2ccccc2)c2ccc3c(c2)-c2cc(N(c4ccccc4)c4ccccc4)ccc2C32c3ccccc3-c3c2ccc2c3sc3c2ccc2c3c3ccccc3n2-c2ccccc2)cc1. The molecule has 2 aliphatic rings. The lowest BCUT2D eigenvalue weighted by Gasteiger charge is -2.31. The maximum absolute atomic E-state index is 2.47. The Morgan fingerprint density at radius 3 is 1.34 bits per heavy atom. The van der Waals surface area contributed by atoms with Gasteiger partial charge in [-0.3, -0.25) is 0 Å². The normalized spacial score (nSPS) is 12.9. The molecule has 71 heavy (non-hydrogen) atoms. The number of fused-ring (bicyclic) bond motifs is 18. The Hall–Kier alpha value is -8.96. The van der Waals surface area contributed by atoms with Crippen molar-refractivity contribution in [1.82, 2.24) is 4.57 Å². The molecule has 11 aromatic carbocycles. The Morgan fingerprint density at radius 2 is 0.761 bits per heavy atom. The molecule has 0 bridgehead atoms. The van der Waals surface area contributed by atoms with Crippen LogP contribution in [0.15, 0.2) is 261 Å². The van der Waals surface area contributed by atoms with Crippen LogP contribution >= 0.6 is 11.3 Å². The summed E-state index contributed by atoms with van der Waals surface area (Å²) >= 11 is 1.96. The molecular weight excluding hydrogens is 879 g/mol. The molecule has 0 saturated carbocycles. The Balaban J connectivity index is 1.02. The standard InChI is InChI=1S/C67H43N3S/c1-6-20-44(21-7-1)68(45-22-8-2-9-23-45)49-34-38-58-55(42-49)56-43-50(69(46-24-10-3-11-25-46)47-26-12-4-13-27-47)35-39-59(56)67(58)57-32-18-16-30-53(57)63-60(67)40-36-51-52-37-41-62-64(66(52)71-65(51)63)54-31-17-19-33-61(54)70(62)48-28-14-5-15-29-48/h1-43H. The molecule has 332 valence electrons. The molecule has 1 spiro atoms. The summed E-state index contributed by atoms with van der Waals surface area (Å²) in [7, 11) is 0. The number of nitrogens with zero attached hydrogens (tertiary/aromatic N) is 3. The molecule has 0 saturated heterocycles. The molecule has 3 nitrogen and oxygen atoms in total. The van der Waals surface area contributed by atoms with Crippen molar-refractivity contribution in [3.63, 3.8) is 0 Å². The van der Waals surface area contributed by atoms with Crippen LogP contribution in [-0.4, -0.2) is 4.57 Å². The van der Waals surface area contributed by atoms with Gasteiger partial charge in [0, 0.05) is 76.3 Å². The molecule has 0 amide bonds. The van der Waals surface area contributed by atoms with Gasteiger partial charge in [-0.05, 0) is 136 Å². The van der Waals surface area contributed by atoms with Gasteiger partial charge in [0.2, 0.25) is 0 Å². The second kappa shape index (κ2) is 15.5. The summed E-state index contributed by atoms with van der Waals surface area (Å²) in [6.07, 6.45) is 0. The van der Waals surface area contributed by atoms with Crippen LogP contribution in [0.3, 0.4) is 0 Å². The minimum atomic E-state index is -0.564. The highest BCUT2D eigenvalue weighted by molar-refractivity contribution is 7.27. The van der Waals surface area contributed by atoms with E-state index in [0.29, 0.717) is 0 Å². The van der Waals surface area contributed by atoms with Crippen LogP contribution in [-0.2, 0) is 5.41 Å². The summed E-state index contributed by atoms with van der Waals surface area (Å²) in [6.45, 7) is 0. The number of rotatable bonds is 7. The number of anilines is 6. The van der Waals surface area contributed by atoms with Gasteiger partial charge in [0.05, 0.1) is 16.4 Å². The molecular formula is C67H43N3S. The van der Waals surface area contributed by atoms with Crippen molar-refractivity contribution in [1.29, 1.82) is 0 Å². The van der Waals surface area contributed by atoms with Crippen molar-refractivity contribution in [2.45, 2.75) is 5.41 Å². The fourth-order valence-corrected chi connectivity index (χ4v) is 13.7. The highest BCUT2D eigenvalue weighted by Gasteiger charge is 2.52. The van der Waals surface area contributed by atoms with Gasteiger partial charge in [0.15, 0.2) is 0 Å². The molecule has 2 aromatic heterocycles. The largest absolute Gasteiger partial charge is 0.310 e. The van der Waals surface area contributed by atoms with E-state index in [1.54, 1.807) is 0 Å². The lowest BCUT2D eigenvalue weighted by molar-refractivity contribution is 0.794. The minimum absolute atomic E-state index is 0.564. The molecule has 0 radical (unpaired) electrons. The van der Waals surface area contributed by atoms with Crippen molar-refractivity contribution >= 4 is 87.4 Å². The fraction of sp³-hybridized carbons (Fsp3) is 0.0149. The van der Waals surface area contributed by atoms with Gasteiger partial charge in [-0.25, -0.2) is 0 Å². The van der Waals surface area contributed by atoms with Crippen molar-refractivity contribution < 1.29 is 0 Å². The van der Waals surface area contributed by atoms with Gasteiger partial charge in [-0.1, -0.05) is 164 Å². The summed E-state index contributed by atoms with van der Waals surface area (Å²) < 4.78 is 5.11. The number of hydrogen-bond acceptors (Lipinski definition) is 3. The maximum Gasteiger partial charge on any atom is 0.0726 e. The summed E-state index contributed by atoms with van der Waals surface area (Å²) in [6, 6.07) is 96.2. The molecule has 4 heteroatoms. The monoisotopic (exact) mass is 921 g/mol. The van der Waals surface area contributed by atoms with Crippen LogP contribution < -0.4 is 9.80 Å². The van der Waals surface area contributed by atoms with E-state index in [2.05, 4.69) is 275 Å². The Labute approximate surface area is 416 Å². The zero-order valence-corrected chi connectivity index (χ0v) is 39.4. The quantitative estimate of drug-likeness (QED) is 0.158. The van der Waals surface area contributed by atoms with Crippen molar-refractivity contribution in [3.05, 3.63) is 283 Å². The second-order valence-electron chi connectivity index (χ2n) is 18.8. The number of aromatic nitrogens is 1. The summed E-state index contributed by atoms with van der Waals surface area (Å²) in [5.74, 6) is 0. The fourth-order valence-electron chi connectivity index (χ4n) is 12.3. The third kappa shape index (κ3) is 5.71. The Kier molecular flexibility index (Phi) is 8.74. The van der Waals surface area contributed by atoms with Gasteiger partial charge in [0.1, 0.15) is 0 Å². The van der Waals surface area contributed by atoms with Crippen molar-refractivity contribution in [2.75, 3.05) is 9.80 Å². The Morgan fingerprint density at radius 1 is 0.310 bits per heavy atom. The molecule has 0 atom stereocenters. The average Bonchev–Trinajstić information content (AvgIpc) is 4.18. The van der Waals surface area contributed by atoms with Gasteiger partial charge >= 0.3 is 0 Å². The van der Waals surface area contributed by atoms with Crippen LogP contribution in [0.5, 0.6) is 0 Å². The van der Waals surface area contributed by atoms with E-state index in [4.69, 9.17) is 0 Å². The zero-order chi connectivity index (χ0) is 46.6. The molecule has 0 fully saturated rings. The first-order valence-corrected chi connectivity index (χ1v) is 25.2. The third-order valence-electron chi connectivity index (χ3n) is 15.1. The van der Waals surface area contributed by atoms with E-state index in [1.807, 2.05) is 11.3 Å². The minimum Gasteiger partial charge on any atom is -0.310 e. The summed E-state index contributed by atoms with van der Waals surface area (Å²) in [5.41, 5.74) is 20.2. The molecule has 2 heterocycles.